The fraction of sp³-hybridized carbons (Fsp3) is 0.167. The van der Waals surface area contributed by atoms with Gasteiger partial charge in [-0.1, -0.05) is 0 Å². The Labute approximate surface area is 74.1 Å². The van der Waals surface area contributed by atoms with E-state index in [1.807, 2.05) is 0 Å². The summed E-state index contributed by atoms with van der Waals surface area (Å²) in [7, 11) is 1.62. The van der Waals surface area contributed by atoms with E-state index in [1.54, 1.807) is 7.05 Å². The first-order chi connectivity index (χ1) is 6.17. The number of hydrogen-bond donors (Lipinski definition) is 3. The van der Waals surface area contributed by atoms with Gasteiger partial charge in [-0.3, -0.25) is 10.1 Å². The molecule has 0 radical (unpaired) electrons. The van der Waals surface area contributed by atoms with Crippen LogP contribution in [0.25, 0.3) is 0 Å². The predicted molar refractivity (Wildman–Crippen MR) is 48.2 cm³/mol. The van der Waals surface area contributed by atoms with Crippen molar-refractivity contribution in [3.05, 3.63) is 22.2 Å². The smallest absolute Gasteiger partial charge is 0.276 e. The highest BCUT2D eigenvalue weighted by Crippen LogP contribution is 2.19. The van der Waals surface area contributed by atoms with E-state index in [0.29, 0.717) is 5.82 Å². The average Bonchev–Trinajstić information content (AvgIpc) is 2.16. The fourth-order valence-electron chi connectivity index (χ4n) is 0.824. The van der Waals surface area contributed by atoms with E-state index in [0.717, 1.165) is 0 Å². The van der Waals surface area contributed by atoms with Gasteiger partial charge in [0.05, 0.1) is 17.1 Å². The van der Waals surface area contributed by atoms with Crippen LogP contribution in [-0.2, 0) is 0 Å². The number of nitrogens with one attached hydrogen (secondary N) is 2. The van der Waals surface area contributed by atoms with Crippen molar-refractivity contribution in [2.45, 2.75) is 0 Å². The minimum Gasteiger partial charge on any atom is -0.373 e. The maximum Gasteiger partial charge on any atom is 0.276 e. The van der Waals surface area contributed by atoms with Gasteiger partial charge in [-0.2, -0.15) is 0 Å². The lowest BCUT2D eigenvalue weighted by molar-refractivity contribution is -0.384. The van der Waals surface area contributed by atoms with Crippen molar-refractivity contribution in [2.24, 2.45) is 5.84 Å². The first-order valence-electron chi connectivity index (χ1n) is 3.48. The first-order valence-corrected chi connectivity index (χ1v) is 3.48. The molecular weight excluding hydrogens is 174 g/mol. The zero-order valence-corrected chi connectivity index (χ0v) is 6.94. The van der Waals surface area contributed by atoms with Crippen LogP contribution in [0.1, 0.15) is 0 Å². The molecule has 0 aliphatic carbocycles. The van der Waals surface area contributed by atoms with Gasteiger partial charge in [-0.15, -0.1) is 0 Å². The topological polar surface area (TPSA) is 106 Å². The van der Waals surface area contributed by atoms with Gasteiger partial charge in [-0.05, 0) is 0 Å². The quantitative estimate of drug-likeness (QED) is 0.354. The summed E-state index contributed by atoms with van der Waals surface area (Å²) in [4.78, 5) is 13.8. The molecule has 0 spiro atoms. The van der Waals surface area contributed by atoms with Crippen molar-refractivity contribution < 1.29 is 4.92 Å². The molecule has 0 atom stereocenters. The normalized spacial score (nSPS) is 9.38. The molecule has 0 aliphatic rings. The predicted octanol–water partition coefficient (Wildman–Crippen LogP) is 0.317. The lowest BCUT2D eigenvalue weighted by atomic mass is 10.4. The lowest BCUT2D eigenvalue weighted by Gasteiger charge is -2.02. The Morgan fingerprint density at radius 3 is 2.62 bits per heavy atom. The number of nitrogens with two attached hydrogens (primary N) is 1. The number of rotatable bonds is 3. The van der Waals surface area contributed by atoms with Gasteiger partial charge in [0.1, 0.15) is 11.6 Å². The molecule has 0 saturated heterocycles. The van der Waals surface area contributed by atoms with Crippen molar-refractivity contribution in [2.75, 3.05) is 17.8 Å². The van der Waals surface area contributed by atoms with Crippen LogP contribution in [0.3, 0.4) is 0 Å². The lowest BCUT2D eigenvalue weighted by Crippen LogP contribution is -2.09. The summed E-state index contributed by atoms with van der Waals surface area (Å²) >= 11 is 0. The maximum atomic E-state index is 10.4. The third-order valence-corrected chi connectivity index (χ3v) is 1.42. The molecule has 1 aromatic rings. The largest absolute Gasteiger partial charge is 0.373 e. The molecule has 0 unspecified atom stereocenters. The minimum absolute atomic E-state index is 0.0627. The Hall–Kier alpha value is -1.89. The van der Waals surface area contributed by atoms with Gasteiger partial charge >= 0.3 is 0 Å². The van der Waals surface area contributed by atoms with E-state index in [-0.39, 0.29) is 11.5 Å². The second kappa shape index (κ2) is 3.68. The molecule has 7 heteroatoms. The number of anilines is 2. The number of aromatic nitrogens is 1. The summed E-state index contributed by atoms with van der Waals surface area (Å²) in [5, 5.41) is 13.1. The number of nitrogen functional groups attached to an aromatic ring is 1. The van der Waals surface area contributed by atoms with Crippen LogP contribution in [0.15, 0.2) is 12.1 Å². The Bertz CT molecular complexity index is 305. The van der Waals surface area contributed by atoms with E-state index in [4.69, 9.17) is 5.84 Å². The maximum absolute atomic E-state index is 10.4. The van der Waals surface area contributed by atoms with Gasteiger partial charge < -0.3 is 10.7 Å². The number of nitrogens with zero attached hydrogens (tertiary/aromatic N) is 2. The molecule has 1 rings (SSSR count). The highest BCUT2D eigenvalue weighted by Gasteiger charge is 2.09. The van der Waals surface area contributed by atoms with E-state index >= 15 is 0 Å². The van der Waals surface area contributed by atoms with E-state index < -0.39 is 4.92 Å². The monoisotopic (exact) mass is 183 g/mol. The van der Waals surface area contributed by atoms with Crippen molar-refractivity contribution in [3.8, 4) is 0 Å². The second-order valence-electron chi connectivity index (χ2n) is 2.25. The van der Waals surface area contributed by atoms with Crippen LogP contribution in [0.2, 0.25) is 0 Å². The zero-order valence-electron chi connectivity index (χ0n) is 6.94. The highest BCUT2D eigenvalue weighted by molar-refractivity contribution is 5.53. The summed E-state index contributed by atoms with van der Waals surface area (Å²) in [5.74, 6) is 5.72. The molecule has 0 aromatic carbocycles. The van der Waals surface area contributed by atoms with Crippen LogP contribution in [-0.4, -0.2) is 17.0 Å². The molecule has 7 nitrogen and oxygen atoms in total. The van der Waals surface area contributed by atoms with Gasteiger partial charge in [0.2, 0.25) is 0 Å². The molecule has 4 N–H and O–H groups in total. The standard InChI is InChI=1S/C6H9N5O2/c1-8-5-2-4(11(12)13)3-6(9-5)10-7/h2-3H,7H2,1H3,(H2,8,9,10). The molecule has 0 amide bonds. The van der Waals surface area contributed by atoms with Gasteiger partial charge in [0, 0.05) is 7.05 Å². The zero-order chi connectivity index (χ0) is 9.84. The van der Waals surface area contributed by atoms with Crippen molar-refractivity contribution in [3.63, 3.8) is 0 Å². The van der Waals surface area contributed by atoms with Crippen molar-refractivity contribution in [1.82, 2.24) is 4.98 Å². The van der Waals surface area contributed by atoms with E-state index in [1.165, 1.54) is 12.1 Å². The number of hydrogen-bond acceptors (Lipinski definition) is 6. The Morgan fingerprint density at radius 2 is 2.15 bits per heavy atom. The molecule has 0 aliphatic heterocycles. The van der Waals surface area contributed by atoms with Crippen LogP contribution < -0.4 is 16.6 Å². The van der Waals surface area contributed by atoms with Gasteiger partial charge in [-0.25, -0.2) is 10.8 Å². The first kappa shape index (κ1) is 9.20. The molecule has 1 aromatic heterocycles. The Balaban J connectivity index is 3.14. The van der Waals surface area contributed by atoms with Gasteiger partial charge in [0.25, 0.3) is 5.69 Å². The van der Waals surface area contributed by atoms with E-state index in [2.05, 4.69) is 15.7 Å². The minimum atomic E-state index is -0.511. The SMILES string of the molecule is CNc1cc([N+](=O)[O-])cc(NN)n1. The summed E-state index contributed by atoms with van der Waals surface area (Å²) in [6.45, 7) is 0. The van der Waals surface area contributed by atoms with Crippen LogP contribution in [0.5, 0.6) is 0 Å². The van der Waals surface area contributed by atoms with Crippen molar-refractivity contribution in [1.29, 1.82) is 0 Å². The fourth-order valence-corrected chi connectivity index (χ4v) is 0.824. The third kappa shape index (κ3) is 2.03. The molecule has 0 bridgehead atoms. The molecule has 0 fully saturated rings. The summed E-state index contributed by atoms with van der Waals surface area (Å²) in [6, 6.07) is 2.57. The highest BCUT2D eigenvalue weighted by atomic mass is 16.6. The third-order valence-electron chi connectivity index (χ3n) is 1.42. The summed E-state index contributed by atoms with van der Waals surface area (Å²) in [6.07, 6.45) is 0. The Morgan fingerprint density at radius 1 is 1.54 bits per heavy atom. The second-order valence-corrected chi connectivity index (χ2v) is 2.25. The summed E-state index contributed by atoms with van der Waals surface area (Å²) < 4.78 is 0. The Kier molecular flexibility index (Phi) is 2.60. The van der Waals surface area contributed by atoms with Gasteiger partial charge in [0.15, 0.2) is 0 Å². The number of hydrazine groups is 1. The van der Waals surface area contributed by atoms with Crippen LogP contribution in [0.4, 0.5) is 17.3 Å². The number of pyridine rings is 1. The van der Waals surface area contributed by atoms with Crippen molar-refractivity contribution >= 4 is 17.3 Å². The molecular formula is C6H9N5O2. The molecule has 70 valence electrons. The molecule has 13 heavy (non-hydrogen) atoms. The molecule has 0 saturated carbocycles. The van der Waals surface area contributed by atoms with Crippen LogP contribution >= 0.6 is 0 Å². The average molecular weight is 183 g/mol. The molecule has 1 heterocycles. The summed E-state index contributed by atoms with van der Waals surface area (Å²) in [5.41, 5.74) is 2.18. The number of nitro groups is 1. The van der Waals surface area contributed by atoms with E-state index in [9.17, 15) is 10.1 Å². The van der Waals surface area contributed by atoms with Crippen LogP contribution in [0, 0.1) is 10.1 Å².